The Labute approximate surface area is 193 Å². The lowest BCUT2D eigenvalue weighted by atomic mass is 10.1. The van der Waals surface area contributed by atoms with Crippen molar-refractivity contribution < 1.29 is 9.53 Å². The molecule has 3 heterocycles. The fourth-order valence-electron chi connectivity index (χ4n) is 4.31. The molecule has 168 valence electrons. The van der Waals surface area contributed by atoms with Gasteiger partial charge in [0.05, 0.1) is 12.2 Å². The largest absolute Gasteiger partial charge is 0.491 e. The van der Waals surface area contributed by atoms with Crippen molar-refractivity contribution in [2.75, 3.05) is 20.2 Å². The number of nitrogens with one attached hydrogen (secondary N) is 1. The highest BCUT2D eigenvalue weighted by Gasteiger charge is 2.26. The smallest absolute Gasteiger partial charge is 0.223 e. The van der Waals surface area contributed by atoms with Gasteiger partial charge in [-0.2, -0.15) is 5.10 Å². The molecule has 0 unspecified atom stereocenters. The number of benzene rings is 1. The number of ether oxygens (including phenoxy) is 1. The Morgan fingerprint density at radius 3 is 3.00 bits per heavy atom. The maximum Gasteiger partial charge on any atom is 0.223 e. The van der Waals surface area contributed by atoms with Crippen molar-refractivity contribution in [2.24, 2.45) is 0 Å². The highest BCUT2D eigenvalue weighted by atomic mass is 32.1. The third-order valence-corrected chi connectivity index (χ3v) is 7.10. The number of aromatic amines is 1. The van der Waals surface area contributed by atoms with E-state index in [0.29, 0.717) is 32.0 Å². The Hall–Kier alpha value is -2.64. The lowest BCUT2D eigenvalue weighted by molar-refractivity contribution is -0.131. The molecule has 1 fully saturated rings. The van der Waals surface area contributed by atoms with E-state index in [2.05, 4.69) is 57.9 Å². The summed E-state index contributed by atoms with van der Waals surface area (Å²) in [6.07, 6.45) is 3.89. The van der Waals surface area contributed by atoms with Crippen LogP contribution in [-0.4, -0.2) is 46.1 Å². The molecule has 3 aromatic rings. The molecule has 1 amide bonds. The van der Waals surface area contributed by atoms with Crippen LogP contribution in [0.1, 0.15) is 52.6 Å². The number of nitrogens with zero attached hydrogens (tertiary/aromatic N) is 3. The van der Waals surface area contributed by atoms with Crippen LogP contribution in [-0.2, 0) is 30.8 Å². The van der Waals surface area contributed by atoms with Crippen LogP contribution >= 0.6 is 11.3 Å². The molecule has 0 atom stereocenters. The van der Waals surface area contributed by atoms with E-state index in [9.17, 15) is 4.79 Å². The van der Waals surface area contributed by atoms with Gasteiger partial charge in [-0.1, -0.05) is 12.1 Å². The summed E-state index contributed by atoms with van der Waals surface area (Å²) in [4.78, 5) is 18.3. The van der Waals surface area contributed by atoms with Crippen molar-refractivity contribution in [3.63, 3.8) is 0 Å². The molecule has 1 aliphatic heterocycles. The first-order valence-electron chi connectivity index (χ1n) is 11.4. The number of H-pyrrole nitrogens is 1. The van der Waals surface area contributed by atoms with E-state index in [1.807, 2.05) is 11.0 Å². The topological polar surface area (TPSA) is 61.5 Å². The first-order valence-corrected chi connectivity index (χ1v) is 12.3. The minimum Gasteiger partial charge on any atom is -0.491 e. The summed E-state index contributed by atoms with van der Waals surface area (Å²) < 4.78 is 5.95. The van der Waals surface area contributed by atoms with Gasteiger partial charge in [0.1, 0.15) is 12.4 Å². The molecule has 1 aliphatic carbocycles. The van der Waals surface area contributed by atoms with E-state index < -0.39 is 0 Å². The Kier molecular flexibility index (Phi) is 6.28. The van der Waals surface area contributed by atoms with Gasteiger partial charge in [-0.25, -0.2) is 0 Å². The van der Waals surface area contributed by atoms with E-state index in [1.54, 1.807) is 11.3 Å². The van der Waals surface area contributed by atoms with Crippen molar-refractivity contribution in [3.05, 3.63) is 69.2 Å². The quantitative estimate of drug-likeness (QED) is 0.555. The summed E-state index contributed by atoms with van der Waals surface area (Å²) in [5.74, 6) is 1.77. The highest BCUT2D eigenvalue weighted by molar-refractivity contribution is 7.09. The maximum atomic E-state index is 12.8. The fourth-order valence-corrected chi connectivity index (χ4v) is 5.02. The molecule has 0 bridgehead atoms. The van der Waals surface area contributed by atoms with Crippen molar-refractivity contribution in [3.8, 4) is 5.75 Å². The molecule has 6 nitrogen and oxygen atoms in total. The molecule has 2 aliphatic rings. The molecule has 32 heavy (non-hydrogen) atoms. The molecule has 1 saturated carbocycles. The molecule has 7 heteroatoms. The number of hydrogen-bond donors (Lipinski definition) is 1. The Balaban J connectivity index is 1.20. The summed E-state index contributed by atoms with van der Waals surface area (Å²) in [6, 6.07) is 12.7. The first-order chi connectivity index (χ1) is 15.6. The van der Waals surface area contributed by atoms with Gasteiger partial charge in [-0.05, 0) is 61.5 Å². The van der Waals surface area contributed by atoms with E-state index in [4.69, 9.17) is 4.74 Å². The molecule has 1 N–H and O–H groups in total. The van der Waals surface area contributed by atoms with Gasteiger partial charge in [-0.15, -0.1) is 11.3 Å². The van der Waals surface area contributed by atoms with Crippen LogP contribution in [0.2, 0.25) is 0 Å². The number of rotatable bonds is 8. The molecular formula is C25H30N4O2S. The zero-order valence-electron chi connectivity index (χ0n) is 18.5. The monoisotopic (exact) mass is 450 g/mol. The molecule has 0 saturated heterocycles. The van der Waals surface area contributed by atoms with Crippen LogP contribution in [0.4, 0.5) is 0 Å². The second-order valence-corrected chi connectivity index (χ2v) is 9.98. The van der Waals surface area contributed by atoms with Crippen LogP contribution in [0.3, 0.4) is 0 Å². The van der Waals surface area contributed by atoms with Crippen LogP contribution < -0.4 is 4.74 Å². The Bertz CT molecular complexity index is 1060. The minimum absolute atomic E-state index is 0.197. The van der Waals surface area contributed by atoms with Crippen molar-refractivity contribution in [1.82, 2.24) is 20.0 Å². The molecule has 1 aromatic carbocycles. The van der Waals surface area contributed by atoms with Crippen LogP contribution in [0.5, 0.6) is 5.75 Å². The van der Waals surface area contributed by atoms with Gasteiger partial charge >= 0.3 is 0 Å². The van der Waals surface area contributed by atoms with Crippen LogP contribution in [0, 0.1) is 0 Å². The van der Waals surface area contributed by atoms with Gasteiger partial charge in [0.2, 0.25) is 5.91 Å². The van der Waals surface area contributed by atoms with Crippen molar-refractivity contribution >= 4 is 17.2 Å². The number of carbonyl (C=O) groups excluding carboxylic acids is 1. The molecular weight excluding hydrogens is 420 g/mol. The maximum absolute atomic E-state index is 12.8. The number of hydrogen-bond acceptors (Lipinski definition) is 5. The molecule has 0 radical (unpaired) electrons. The summed E-state index contributed by atoms with van der Waals surface area (Å²) in [7, 11) is 2.13. The van der Waals surface area contributed by atoms with Crippen molar-refractivity contribution in [1.29, 1.82) is 0 Å². The van der Waals surface area contributed by atoms with E-state index in [-0.39, 0.29) is 5.91 Å². The van der Waals surface area contributed by atoms with Gasteiger partial charge in [0.15, 0.2) is 0 Å². The van der Waals surface area contributed by atoms with Crippen molar-refractivity contribution in [2.45, 2.75) is 51.2 Å². The average molecular weight is 451 g/mol. The second-order valence-electron chi connectivity index (χ2n) is 8.95. The molecule has 2 aromatic heterocycles. The fraction of sp³-hybridized carbons (Fsp3) is 0.440. The number of aromatic nitrogens is 2. The van der Waals surface area contributed by atoms with E-state index in [0.717, 1.165) is 36.5 Å². The van der Waals surface area contributed by atoms with E-state index >= 15 is 0 Å². The lowest BCUT2D eigenvalue weighted by Crippen LogP contribution is -2.32. The highest BCUT2D eigenvalue weighted by Crippen LogP contribution is 2.39. The average Bonchev–Trinajstić information content (AvgIpc) is 3.38. The number of carbonyl (C=O) groups is 1. The second kappa shape index (κ2) is 9.46. The number of aryl methyl sites for hydroxylation is 1. The van der Waals surface area contributed by atoms with Gasteiger partial charge < -0.3 is 9.64 Å². The zero-order valence-corrected chi connectivity index (χ0v) is 19.4. The number of amides is 1. The minimum atomic E-state index is 0.197. The summed E-state index contributed by atoms with van der Waals surface area (Å²) >= 11 is 1.71. The predicted molar refractivity (Wildman–Crippen MR) is 126 cm³/mol. The first kappa shape index (κ1) is 21.2. The van der Waals surface area contributed by atoms with Gasteiger partial charge in [0, 0.05) is 48.1 Å². The Morgan fingerprint density at radius 1 is 1.28 bits per heavy atom. The molecule has 5 rings (SSSR count). The summed E-state index contributed by atoms with van der Waals surface area (Å²) in [5.41, 5.74) is 4.69. The number of thiophene rings is 1. The third-order valence-electron chi connectivity index (χ3n) is 6.16. The lowest BCUT2D eigenvalue weighted by Gasteiger charge is -2.20. The summed E-state index contributed by atoms with van der Waals surface area (Å²) in [5, 5.41) is 9.71. The molecule has 0 spiro atoms. The van der Waals surface area contributed by atoms with Crippen LogP contribution in [0.15, 0.2) is 41.8 Å². The van der Waals surface area contributed by atoms with Gasteiger partial charge in [0.25, 0.3) is 0 Å². The van der Waals surface area contributed by atoms with Crippen LogP contribution in [0.25, 0.3) is 0 Å². The summed E-state index contributed by atoms with van der Waals surface area (Å²) in [6.45, 7) is 3.45. The standard InChI is InChI=1S/C25H30N4O2S/c1-28(17-21-14-23(27-26-21)19-5-6-19)15-18-4-8-24-20(13-18)16-29(10-11-31-24)25(30)9-7-22-3-2-12-32-22/h2-4,8,12-14,19H,5-7,9-11,15-17H2,1H3,(H,26,27). The number of fused-ring (bicyclic) bond motifs is 1. The van der Waals surface area contributed by atoms with Gasteiger partial charge in [-0.3, -0.25) is 14.8 Å². The predicted octanol–water partition coefficient (Wildman–Crippen LogP) is 4.33. The zero-order chi connectivity index (χ0) is 21.9. The Morgan fingerprint density at radius 2 is 2.19 bits per heavy atom. The third kappa shape index (κ3) is 5.22. The normalized spacial score (nSPS) is 16.0. The SMILES string of the molecule is CN(Cc1ccc2c(c1)CN(C(=O)CCc1cccs1)CCO2)Cc1cc(C2CC2)n[nH]1. The van der Waals surface area contributed by atoms with E-state index in [1.165, 1.54) is 29.0 Å².